The maximum Gasteiger partial charge on any atom is 0.271 e. The molecular formula is C21H21N5O3S. The van der Waals surface area contributed by atoms with Gasteiger partial charge in [-0.2, -0.15) is 0 Å². The van der Waals surface area contributed by atoms with E-state index in [2.05, 4.69) is 20.4 Å². The first-order chi connectivity index (χ1) is 14.5. The Kier molecular flexibility index (Phi) is 5.71. The number of hydrogen-bond acceptors (Lipinski definition) is 7. The Morgan fingerprint density at radius 1 is 1.27 bits per heavy atom. The fourth-order valence-corrected chi connectivity index (χ4v) is 4.23. The van der Waals surface area contributed by atoms with Crippen LogP contribution in [0.5, 0.6) is 0 Å². The van der Waals surface area contributed by atoms with Crippen molar-refractivity contribution in [3.05, 3.63) is 63.5 Å². The molecule has 1 amide bonds. The van der Waals surface area contributed by atoms with Crippen LogP contribution in [0.15, 0.2) is 47.8 Å². The molecule has 0 aliphatic carbocycles. The summed E-state index contributed by atoms with van der Waals surface area (Å²) in [5, 5.41) is 24.6. The van der Waals surface area contributed by atoms with E-state index in [1.54, 1.807) is 17.4 Å². The van der Waals surface area contributed by atoms with Crippen LogP contribution in [0, 0.1) is 23.0 Å². The molecule has 1 atom stereocenters. The minimum absolute atomic E-state index is 0.0396. The monoisotopic (exact) mass is 423 g/mol. The number of piperidine rings is 1. The minimum Gasteiger partial charge on any atom is -0.354 e. The quantitative estimate of drug-likeness (QED) is 0.486. The summed E-state index contributed by atoms with van der Waals surface area (Å²) in [4.78, 5) is 26.5. The van der Waals surface area contributed by atoms with Crippen LogP contribution >= 0.6 is 11.3 Å². The predicted octanol–water partition coefficient (Wildman–Crippen LogP) is 4.28. The van der Waals surface area contributed by atoms with Crippen molar-refractivity contribution in [2.45, 2.75) is 19.8 Å². The standard InChI is InChI=1S/C21H21N5O3S/c1-14-6-7-16(26(28)29)12-18(14)22-21(27)15-4-2-10-25(13-15)20-9-8-17(23-24-20)19-5-3-11-30-19/h3,5-9,11-12,15H,2,4,10,13H2,1H3,(H,22,27). The van der Waals surface area contributed by atoms with Crippen molar-refractivity contribution in [3.63, 3.8) is 0 Å². The number of aromatic nitrogens is 2. The number of non-ortho nitro benzene ring substituents is 1. The maximum atomic E-state index is 12.8. The summed E-state index contributed by atoms with van der Waals surface area (Å²) in [7, 11) is 0. The van der Waals surface area contributed by atoms with Crippen LogP contribution in [0.1, 0.15) is 18.4 Å². The average molecular weight is 423 g/mol. The molecule has 8 nitrogen and oxygen atoms in total. The van der Waals surface area contributed by atoms with Crippen LogP contribution in [-0.4, -0.2) is 34.1 Å². The van der Waals surface area contributed by atoms with Crippen LogP contribution in [-0.2, 0) is 4.79 Å². The second-order valence-electron chi connectivity index (χ2n) is 7.28. The van der Waals surface area contributed by atoms with E-state index in [1.165, 1.54) is 12.1 Å². The average Bonchev–Trinajstić information content (AvgIpc) is 3.30. The largest absolute Gasteiger partial charge is 0.354 e. The summed E-state index contributed by atoms with van der Waals surface area (Å²) in [6.07, 6.45) is 1.62. The van der Waals surface area contributed by atoms with Gasteiger partial charge in [-0.1, -0.05) is 12.1 Å². The molecule has 1 saturated heterocycles. The van der Waals surface area contributed by atoms with Crippen molar-refractivity contribution >= 4 is 34.4 Å². The third kappa shape index (κ3) is 4.30. The van der Waals surface area contributed by atoms with Gasteiger partial charge in [0.25, 0.3) is 5.69 Å². The number of nitrogens with zero attached hydrogens (tertiary/aromatic N) is 4. The third-order valence-electron chi connectivity index (χ3n) is 5.23. The fraction of sp³-hybridized carbons (Fsp3) is 0.286. The van der Waals surface area contributed by atoms with Gasteiger partial charge in [0, 0.05) is 25.2 Å². The number of nitrogens with one attached hydrogen (secondary N) is 1. The lowest BCUT2D eigenvalue weighted by atomic mass is 9.96. The van der Waals surface area contributed by atoms with Crippen molar-refractivity contribution in [2.75, 3.05) is 23.3 Å². The van der Waals surface area contributed by atoms with Crippen molar-refractivity contribution in [1.82, 2.24) is 10.2 Å². The Labute approximate surface area is 177 Å². The molecule has 0 bridgehead atoms. The van der Waals surface area contributed by atoms with Crippen LogP contribution in [0.25, 0.3) is 10.6 Å². The molecule has 1 fully saturated rings. The second-order valence-corrected chi connectivity index (χ2v) is 8.23. The Bertz CT molecular complexity index is 1050. The molecule has 1 N–H and O–H groups in total. The van der Waals surface area contributed by atoms with E-state index >= 15 is 0 Å². The lowest BCUT2D eigenvalue weighted by Crippen LogP contribution is -2.41. The summed E-state index contributed by atoms with van der Waals surface area (Å²) in [5.41, 5.74) is 2.06. The molecule has 3 heterocycles. The Balaban J connectivity index is 1.44. The third-order valence-corrected chi connectivity index (χ3v) is 6.12. The van der Waals surface area contributed by atoms with Gasteiger partial charge >= 0.3 is 0 Å². The summed E-state index contributed by atoms with van der Waals surface area (Å²) < 4.78 is 0. The number of thiophene rings is 1. The SMILES string of the molecule is Cc1ccc([N+](=O)[O-])cc1NC(=O)C1CCCN(c2ccc(-c3cccs3)nn2)C1. The van der Waals surface area contributed by atoms with Crippen molar-refractivity contribution in [3.8, 4) is 10.6 Å². The number of rotatable bonds is 5. The number of carbonyl (C=O) groups excluding carboxylic acids is 1. The topological polar surface area (TPSA) is 101 Å². The summed E-state index contributed by atoms with van der Waals surface area (Å²) in [5.74, 6) is 0.391. The highest BCUT2D eigenvalue weighted by atomic mass is 32.1. The van der Waals surface area contributed by atoms with Gasteiger partial charge in [0.2, 0.25) is 5.91 Å². The minimum atomic E-state index is -0.462. The zero-order valence-corrected chi connectivity index (χ0v) is 17.3. The molecule has 1 unspecified atom stereocenters. The van der Waals surface area contributed by atoms with Gasteiger partial charge in [-0.3, -0.25) is 14.9 Å². The molecule has 9 heteroatoms. The number of nitro benzene ring substituents is 1. The molecule has 1 aromatic carbocycles. The summed E-state index contributed by atoms with van der Waals surface area (Å²) in [6.45, 7) is 3.16. The van der Waals surface area contributed by atoms with E-state index < -0.39 is 4.92 Å². The number of carbonyl (C=O) groups is 1. The zero-order chi connectivity index (χ0) is 21.1. The van der Waals surface area contributed by atoms with Gasteiger partial charge in [0.15, 0.2) is 5.82 Å². The van der Waals surface area contributed by atoms with E-state index in [9.17, 15) is 14.9 Å². The van der Waals surface area contributed by atoms with Gasteiger partial charge in [0.05, 0.1) is 21.4 Å². The van der Waals surface area contributed by atoms with E-state index in [1.807, 2.05) is 36.6 Å². The highest BCUT2D eigenvalue weighted by molar-refractivity contribution is 7.13. The van der Waals surface area contributed by atoms with Gasteiger partial charge in [-0.25, -0.2) is 0 Å². The van der Waals surface area contributed by atoms with Crippen molar-refractivity contribution in [1.29, 1.82) is 0 Å². The van der Waals surface area contributed by atoms with Gasteiger partial charge in [-0.05, 0) is 48.9 Å². The number of amides is 1. The van der Waals surface area contributed by atoms with Crippen molar-refractivity contribution in [2.24, 2.45) is 5.92 Å². The molecule has 30 heavy (non-hydrogen) atoms. The Morgan fingerprint density at radius 2 is 2.13 bits per heavy atom. The van der Waals surface area contributed by atoms with Gasteiger partial charge < -0.3 is 10.2 Å². The number of anilines is 2. The summed E-state index contributed by atoms with van der Waals surface area (Å²) >= 11 is 1.62. The van der Waals surface area contributed by atoms with E-state index in [0.717, 1.165) is 41.3 Å². The maximum absolute atomic E-state index is 12.8. The first kappa shape index (κ1) is 20.0. The smallest absolute Gasteiger partial charge is 0.271 e. The second kappa shape index (κ2) is 8.58. The van der Waals surface area contributed by atoms with Crippen LogP contribution in [0.4, 0.5) is 17.2 Å². The predicted molar refractivity (Wildman–Crippen MR) is 117 cm³/mol. The van der Waals surface area contributed by atoms with E-state index in [0.29, 0.717) is 12.2 Å². The molecule has 1 aliphatic heterocycles. The lowest BCUT2D eigenvalue weighted by Gasteiger charge is -2.32. The van der Waals surface area contributed by atoms with E-state index in [-0.39, 0.29) is 17.5 Å². The number of aryl methyl sites for hydroxylation is 1. The number of nitro groups is 1. The zero-order valence-electron chi connectivity index (χ0n) is 16.4. The summed E-state index contributed by atoms with van der Waals surface area (Å²) in [6, 6.07) is 12.4. The first-order valence-electron chi connectivity index (χ1n) is 9.70. The molecule has 1 aliphatic rings. The van der Waals surface area contributed by atoms with E-state index in [4.69, 9.17) is 0 Å². The molecule has 154 valence electrons. The number of hydrogen-bond donors (Lipinski definition) is 1. The highest BCUT2D eigenvalue weighted by Gasteiger charge is 2.27. The molecule has 0 spiro atoms. The normalized spacial score (nSPS) is 16.3. The lowest BCUT2D eigenvalue weighted by molar-refractivity contribution is -0.384. The van der Waals surface area contributed by atoms with Gasteiger partial charge in [-0.15, -0.1) is 21.5 Å². The van der Waals surface area contributed by atoms with Crippen LogP contribution in [0.2, 0.25) is 0 Å². The molecular weight excluding hydrogens is 402 g/mol. The molecule has 0 saturated carbocycles. The Morgan fingerprint density at radius 3 is 2.83 bits per heavy atom. The van der Waals surface area contributed by atoms with Crippen molar-refractivity contribution < 1.29 is 9.72 Å². The highest BCUT2D eigenvalue weighted by Crippen LogP contribution is 2.27. The molecule has 3 aromatic rings. The number of benzene rings is 1. The molecule has 0 radical (unpaired) electrons. The fourth-order valence-electron chi connectivity index (χ4n) is 3.54. The first-order valence-corrected chi connectivity index (χ1v) is 10.6. The molecule has 4 rings (SSSR count). The Hall–Kier alpha value is -3.33. The molecule has 2 aromatic heterocycles. The van der Waals surface area contributed by atoms with Crippen LogP contribution < -0.4 is 10.2 Å². The van der Waals surface area contributed by atoms with Gasteiger partial charge in [0.1, 0.15) is 5.69 Å². The van der Waals surface area contributed by atoms with Crippen LogP contribution in [0.3, 0.4) is 0 Å².